The van der Waals surface area contributed by atoms with Crippen molar-refractivity contribution < 1.29 is 9.53 Å². The average Bonchev–Trinajstić information content (AvgIpc) is 3.06. The molecule has 0 amide bonds. The molecular weight excluding hydrogens is 246 g/mol. The second-order valence-electron chi connectivity index (χ2n) is 4.89. The molecule has 18 heavy (non-hydrogen) atoms. The maximum atomic E-state index is 11.8. The van der Waals surface area contributed by atoms with Crippen molar-refractivity contribution in [1.29, 1.82) is 0 Å². The molecule has 0 spiro atoms. The molecule has 2 rings (SSSR count). The first-order chi connectivity index (χ1) is 8.79. The van der Waals surface area contributed by atoms with Crippen molar-refractivity contribution in [1.82, 2.24) is 5.32 Å². The fourth-order valence-electron chi connectivity index (χ4n) is 2.52. The molecule has 1 aromatic heterocycles. The van der Waals surface area contributed by atoms with Gasteiger partial charge >= 0.3 is 5.97 Å². The van der Waals surface area contributed by atoms with E-state index in [0.29, 0.717) is 6.04 Å². The zero-order valence-corrected chi connectivity index (χ0v) is 11.7. The molecule has 4 heteroatoms. The normalized spacial score (nSPS) is 17.8. The van der Waals surface area contributed by atoms with Crippen molar-refractivity contribution in [3.63, 3.8) is 0 Å². The molecule has 1 N–H and O–H groups in total. The van der Waals surface area contributed by atoms with Crippen LogP contribution in [-0.2, 0) is 16.0 Å². The first kappa shape index (κ1) is 13.6. The highest BCUT2D eigenvalue weighted by molar-refractivity contribution is 7.09. The minimum absolute atomic E-state index is 0.0609. The molecule has 0 aliphatic heterocycles. The highest BCUT2D eigenvalue weighted by Crippen LogP contribution is 2.19. The largest absolute Gasteiger partial charge is 0.469 e. The summed E-state index contributed by atoms with van der Waals surface area (Å²) in [6, 6.07) is 4.70. The first-order valence-corrected chi connectivity index (χ1v) is 7.51. The fourth-order valence-corrected chi connectivity index (χ4v) is 3.30. The van der Waals surface area contributed by atoms with Gasteiger partial charge < -0.3 is 10.1 Å². The van der Waals surface area contributed by atoms with Crippen molar-refractivity contribution in [3.8, 4) is 0 Å². The lowest BCUT2D eigenvalue weighted by Gasteiger charge is -2.18. The molecule has 1 aromatic rings. The van der Waals surface area contributed by atoms with Crippen LogP contribution in [-0.4, -0.2) is 25.7 Å². The Morgan fingerprint density at radius 1 is 1.56 bits per heavy atom. The Morgan fingerprint density at radius 3 is 2.94 bits per heavy atom. The molecular formula is C14H21NO2S. The molecule has 100 valence electrons. The second kappa shape index (κ2) is 6.90. The zero-order chi connectivity index (χ0) is 12.8. The number of thiophene rings is 1. The third-order valence-electron chi connectivity index (χ3n) is 3.57. The lowest BCUT2D eigenvalue weighted by Crippen LogP contribution is -2.36. The topological polar surface area (TPSA) is 38.3 Å². The molecule has 1 aliphatic carbocycles. The van der Waals surface area contributed by atoms with E-state index in [2.05, 4.69) is 11.4 Å². The second-order valence-corrected chi connectivity index (χ2v) is 5.93. The number of hydrogen-bond donors (Lipinski definition) is 1. The van der Waals surface area contributed by atoms with Crippen molar-refractivity contribution >= 4 is 17.3 Å². The Morgan fingerprint density at radius 2 is 2.33 bits per heavy atom. The van der Waals surface area contributed by atoms with Gasteiger partial charge in [0.05, 0.1) is 13.0 Å². The lowest BCUT2D eigenvalue weighted by molar-refractivity contribution is -0.145. The molecule has 1 saturated carbocycles. The van der Waals surface area contributed by atoms with E-state index in [0.717, 1.165) is 13.0 Å². The van der Waals surface area contributed by atoms with E-state index in [-0.39, 0.29) is 11.9 Å². The first-order valence-electron chi connectivity index (χ1n) is 6.63. The van der Waals surface area contributed by atoms with E-state index in [4.69, 9.17) is 4.74 Å². The van der Waals surface area contributed by atoms with Crippen LogP contribution in [0, 0.1) is 5.92 Å². The van der Waals surface area contributed by atoms with Crippen LogP contribution in [0.1, 0.15) is 30.6 Å². The number of rotatable bonds is 6. The monoisotopic (exact) mass is 267 g/mol. The predicted octanol–water partition coefficient (Wildman–Crippen LogP) is 2.61. The summed E-state index contributed by atoms with van der Waals surface area (Å²) in [5.74, 6) is -0.164. The van der Waals surface area contributed by atoms with Gasteiger partial charge in [0.15, 0.2) is 0 Å². The van der Waals surface area contributed by atoms with Gasteiger partial charge in [-0.2, -0.15) is 0 Å². The predicted molar refractivity (Wildman–Crippen MR) is 73.8 cm³/mol. The molecule has 0 aromatic carbocycles. The summed E-state index contributed by atoms with van der Waals surface area (Å²) in [7, 11) is 1.47. The molecule has 1 heterocycles. The average molecular weight is 267 g/mol. The number of ether oxygens (including phenoxy) is 1. The van der Waals surface area contributed by atoms with E-state index in [9.17, 15) is 4.79 Å². The standard InChI is InChI=1S/C14H21NO2S/c1-17-14(16)11(9-13-7-4-8-18-13)10-15-12-5-2-3-6-12/h4,7-8,11-12,15H,2-3,5-6,9-10H2,1H3. The number of carbonyl (C=O) groups is 1. The van der Waals surface area contributed by atoms with Crippen LogP contribution < -0.4 is 5.32 Å². The van der Waals surface area contributed by atoms with Gasteiger partial charge in [-0.25, -0.2) is 0 Å². The molecule has 1 unspecified atom stereocenters. The summed E-state index contributed by atoms with van der Waals surface area (Å²) in [4.78, 5) is 13.0. The minimum atomic E-state index is -0.103. The number of nitrogens with one attached hydrogen (secondary N) is 1. The summed E-state index contributed by atoms with van der Waals surface area (Å²) >= 11 is 1.70. The summed E-state index contributed by atoms with van der Waals surface area (Å²) in [5.41, 5.74) is 0. The number of hydrogen-bond acceptors (Lipinski definition) is 4. The van der Waals surface area contributed by atoms with Gasteiger partial charge in [0.2, 0.25) is 0 Å². The smallest absolute Gasteiger partial charge is 0.310 e. The fraction of sp³-hybridized carbons (Fsp3) is 0.643. The zero-order valence-electron chi connectivity index (χ0n) is 10.9. The van der Waals surface area contributed by atoms with E-state index in [1.807, 2.05) is 11.4 Å². The molecule has 1 fully saturated rings. The van der Waals surface area contributed by atoms with Gasteiger partial charge in [-0.3, -0.25) is 4.79 Å². The van der Waals surface area contributed by atoms with Crippen LogP contribution in [0.15, 0.2) is 17.5 Å². The lowest BCUT2D eigenvalue weighted by atomic mass is 10.0. The van der Waals surface area contributed by atoms with E-state index in [1.54, 1.807) is 11.3 Å². The molecule has 0 radical (unpaired) electrons. The van der Waals surface area contributed by atoms with Gasteiger partial charge in [-0.15, -0.1) is 11.3 Å². The Kier molecular flexibility index (Phi) is 5.20. The van der Waals surface area contributed by atoms with Crippen molar-refractivity contribution in [3.05, 3.63) is 22.4 Å². The third kappa shape index (κ3) is 3.82. The number of carbonyl (C=O) groups excluding carboxylic acids is 1. The Bertz CT molecular complexity index is 358. The van der Waals surface area contributed by atoms with Crippen LogP contribution in [0.4, 0.5) is 0 Å². The number of esters is 1. The highest BCUT2D eigenvalue weighted by atomic mass is 32.1. The summed E-state index contributed by atoms with van der Waals surface area (Å²) in [6.07, 6.45) is 5.89. The minimum Gasteiger partial charge on any atom is -0.469 e. The quantitative estimate of drug-likeness (QED) is 0.805. The van der Waals surface area contributed by atoms with Crippen LogP contribution in [0.2, 0.25) is 0 Å². The van der Waals surface area contributed by atoms with Crippen LogP contribution in [0.5, 0.6) is 0 Å². The SMILES string of the molecule is COC(=O)C(CNC1CCCC1)Cc1cccs1. The van der Waals surface area contributed by atoms with Crippen LogP contribution >= 0.6 is 11.3 Å². The maximum absolute atomic E-state index is 11.8. The third-order valence-corrected chi connectivity index (χ3v) is 4.47. The van der Waals surface area contributed by atoms with Crippen LogP contribution in [0.25, 0.3) is 0 Å². The van der Waals surface area contributed by atoms with Gasteiger partial charge in [-0.1, -0.05) is 18.9 Å². The molecule has 1 atom stereocenters. The van der Waals surface area contributed by atoms with Gasteiger partial charge in [-0.05, 0) is 30.7 Å². The van der Waals surface area contributed by atoms with Crippen molar-refractivity contribution in [2.24, 2.45) is 5.92 Å². The van der Waals surface area contributed by atoms with Gasteiger partial charge in [0, 0.05) is 17.5 Å². The molecule has 3 nitrogen and oxygen atoms in total. The Balaban J connectivity index is 1.85. The molecule has 0 saturated heterocycles. The van der Waals surface area contributed by atoms with Gasteiger partial charge in [0.25, 0.3) is 0 Å². The van der Waals surface area contributed by atoms with Gasteiger partial charge in [0.1, 0.15) is 0 Å². The maximum Gasteiger partial charge on any atom is 0.310 e. The van der Waals surface area contributed by atoms with E-state index in [1.165, 1.54) is 37.7 Å². The molecule has 1 aliphatic rings. The summed E-state index contributed by atoms with van der Waals surface area (Å²) in [6.45, 7) is 0.731. The number of methoxy groups -OCH3 is 1. The van der Waals surface area contributed by atoms with E-state index < -0.39 is 0 Å². The highest BCUT2D eigenvalue weighted by Gasteiger charge is 2.22. The van der Waals surface area contributed by atoms with Crippen molar-refractivity contribution in [2.45, 2.75) is 38.1 Å². The summed E-state index contributed by atoms with van der Waals surface area (Å²) in [5, 5.41) is 5.56. The Labute approximate surface area is 113 Å². The van der Waals surface area contributed by atoms with Crippen molar-refractivity contribution in [2.75, 3.05) is 13.7 Å². The van der Waals surface area contributed by atoms with Crippen LogP contribution in [0.3, 0.4) is 0 Å². The summed E-state index contributed by atoms with van der Waals surface area (Å²) < 4.78 is 4.90. The van der Waals surface area contributed by atoms with E-state index >= 15 is 0 Å². The Hall–Kier alpha value is -0.870. The molecule has 0 bridgehead atoms.